The second-order valence-electron chi connectivity index (χ2n) is 6.91. The Bertz CT molecular complexity index is 1520. The third-order valence-electron chi connectivity index (χ3n) is 4.86. The van der Waals surface area contributed by atoms with Gasteiger partial charge in [-0.1, -0.05) is 35.9 Å². The fourth-order valence-electron chi connectivity index (χ4n) is 3.32. The summed E-state index contributed by atoms with van der Waals surface area (Å²) in [7, 11) is 0. The van der Waals surface area contributed by atoms with Crippen LogP contribution >= 0.6 is 11.6 Å². The number of amides is 1. The van der Waals surface area contributed by atoms with E-state index in [0.717, 1.165) is 0 Å². The zero-order valence-corrected chi connectivity index (χ0v) is 17.2. The number of rotatable bonds is 4. The second-order valence-corrected chi connectivity index (χ2v) is 7.34. The molecule has 0 spiro atoms. The van der Waals surface area contributed by atoms with Crippen LogP contribution in [0.5, 0.6) is 0 Å². The van der Waals surface area contributed by atoms with E-state index in [1.807, 2.05) is 6.07 Å². The van der Waals surface area contributed by atoms with E-state index in [1.54, 1.807) is 54.6 Å². The molecule has 0 saturated carbocycles. The molecule has 2 aromatic carbocycles. The number of primary amides is 1. The first kappa shape index (κ1) is 19.7. The van der Waals surface area contributed by atoms with E-state index in [-0.39, 0.29) is 17.1 Å². The van der Waals surface area contributed by atoms with E-state index in [4.69, 9.17) is 26.7 Å². The predicted molar refractivity (Wildman–Crippen MR) is 120 cm³/mol. The fraction of sp³-hybridized carbons (Fsp3) is 0. The van der Waals surface area contributed by atoms with Crippen molar-refractivity contribution in [2.45, 2.75) is 0 Å². The number of carbonyl (C=O) groups excluding carboxylic acids is 1. The molecule has 9 heteroatoms. The number of nitrogens with two attached hydrogens (primary N) is 1. The number of carbonyl (C=O) groups is 1. The van der Waals surface area contributed by atoms with Crippen LogP contribution in [0.2, 0.25) is 5.02 Å². The van der Waals surface area contributed by atoms with Gasteiger partial charge in [-0.05, 0) is 36.4 Å². The molecule has 0 aliphatic carbocycles. The van der Waals surface area contributed by atoms with E-state index in [1.165, 1.54) is 17.0 Å². The molecule has 1 amide bonds. The molecule has 8 nitrogen and oxygen atoms in total. The number of aromatic nitrogens is 4. The van der Waals surface area contributed by atoms with Gasteiger partial charge < -0.3 is 10.2 Å². The molecule has 0 fully saturated rings. The molecule has 0 aliphatic rings. The number of fused-ring (bicyclic) bond motifs is 1. The van der Waals surface area contributed by atoms with Crippen LogP contribution in [0, 0.1) is 0 Å². The summed E-state index contributed by atoms with van der Waals surface area (Å²) in [6.07, 6.45) is 2.69. The SMILES string of the molecule is NC(=O)c1coc(-c2ccc(-c3nc4ccccc4c(=O)n3-c3ccc(Cl)cn3)cc2)n1. The van der Waals surface area contributed by atoms with Crippen molar-refractivity contribution >= 4 is 28.4 Å². The van der Waals surface area contributed by atoms with E-state index in [2.05, 4.69) is 9.97 Å². The van der Waals surface area contributed by atoms with Gasteiger partial charge in [-0.2, -0.15) is 0 Å². The average molecular weight is 444 g/mol. The minimum Gasteiger partial charge on any atom is -0.444 e. The highest BCUT2D eigenvalue weighted by atomic mass is 35.5. The lowest BCUT2D eigenvalue weighted by Crippen LogP contribution is -2.22. The number of oxazole rings is 1. The number of pyridine rings is 1. The van der Waals surface area contributed by atoms with Crippen LogP contribution in [-0.2, 0) is 0 Å². The first-order chi connectivity index (χ1) is 15.5. The Balaban J connectivity index is 1.67. The van der Waals surface area contributed by atoms with Gasteiger partial charge in [0.25, 0.3) is 11.5 Å². The van der Waals surface area contributed by atoms with Gasteiger partial charge >= 0.3 is 0 Å². The largest absolute Gasteiger partial charge is 0.444 e. The van der Waals surface area contributed by atoms with Gasteiger partial charge in [0.15, 0.2) is 5.69 Å². The van der Waals surface area contributed by atoms with Gasteiger partial charge in [-0.15, -0.1) is 0 Å². The first-order valence-corrected chi connectivity index (χ1v) is 9.89. The van der Waals surface area contributed by atoms with Crippen LogP contribution in [0.4, 0.5) is 0 Å². The molecule has 156 valence electrons. The Labute approximate surface area is 185 Å². The summed E-state index contributed by atoms with van der Waals surface area (Å²) in [5, 5.41) is 0.936. The van der Waals surface area contributed by atoms with Crippen LogP contribution < -0.4 is 11.3 Å². The predicted octanol–water partition coefficient (Wildman–Crippen LogP) is 3.86. The number of hydrogen-bond acceptors (Lipinski definition) is 6. The minimum absolute atomic E-state index is 0.0444. The van der Waals surface area contributed by atoms with Crippen molar-refractivity contribution in [3.05, 3.63) is 94.2 Å². The van der Waals surface area contributed by atoms with E-state index in [9.17, 15) is 9.59 Å². The van der Waals surface area contributed by atoms with Crippen LogP contribution in [0.3, 0.4) is 0 Å². The second kappa shape index (κ2) is 7.75. The van der Waals surface area contributed by atoms with Crippen LogP contribution in [-0.4, -0.2) is 25.4 Å². The summed E-state index contributed by atoms with van der Waals surface area (Å²) in [5.41, 5.74) is 6.91. The zero-order valence-electron chi connectivity index (χ0n) is 16.4. The normalized spacial score (nSPS) is 11.0. The Morgan fingerprint density at radius 3 is 2.41 bits per heavy atom. The maximum absolute atomic E-state index is 13.3. The molecular weight excluding hydrogens is 430 g/mol. The zero-order chi connectivity index (χ0) is 22.2. The Kier molecular flexibility index (Phi) is 4.76. The molecule has 0 aliphatic heterocycles. The maximum atomic E-state index is 13.3. The number of hydrogen-bond donors (Lipinski definition) is 1. The summed E-state index contributed by atoms with van der Waals surface area (Å²) in [6.45, 7) is 0. The highest BCUT2D eigenvalue weighted by Gasteiger charge is 2.16. The minimum atomic E-state index is -0.670. The lowest BCUT2D eigenvalue weighted by Gasteiger charge is -2.13. The molecule has 0 bridgehead atoms. The lowest BCUT2D eigenvalue weighted by molar-refractivity contribution is 0.0995. The van der Waals surface area contributed by atoms with Crippen LogP contribution in [0.25, 0.3) is 39.6 Å². The molecule has 0 radical (unpaired) electrons. The highest BCUT2D eigenvalue weighted by molar-refractivity contribution is 6.30. The maximum Gasteiger partial charge on any atom is 0.270 e. The quantitative estimate of drug-likeness (QED) is 0.450. The molecule has 0 atom stereocenters. The van der Waals surface area contributed by atoms with E-state index >= 15 is 0 Å². The molecule has 5 aromatic rings. The number of benzene rings is 2. The van der Waals surface area contributed by atoms with Crippen molar-refractivity contribution in [3.63, 3.8) is 0 Å². The van der Waals surface area contributed by atoms with E-state index in [0.29, 0.717) is 38.7 Å². The smallest absolute Gasteiger partial charge is 0.270 e. The van der Waals surface area contributed by atoms with Gasteiger partial charge in [0, 0.05) is 17.3 Å². The number of halogens is 1. The first-order valence-electron chi connectivity index (χ1n) is 9.51. The van der Waals surface area contributed by atoms with Crippen molar-refractivity contribution in [2.24, 2.45) is 5.73 Å². The summed E-state index contributed by atoms with van der Waals surface area (Å²) in [4.78, 5) is 37.7. The third-order valence-corrected chi connectivity index (χ3v) is 5.09. The molecule has 32 heavy (non-hydrogen) atoms. The van der Waals surface area contributed by atoms with Gasteiger partial charge in [0.05, 0.1) is 15.9 Å². The molecule has 2 N–H and O–H groups in total. The Hall–Kier alpha value is -4.30. The Morgan fingerprint density at radius 1 is 0.969 bits per heavy atom. The average Bonchev–Trinajstić information content (AvgIpc) is 3.31. The standard InChI is InChI=1S/C23H14ClN5O3/c24-15-9-10-19(26-11-15)29-21(27-17-4-2-1-3-16(17)23(29)31)13-5-7-14(8-6-13)22-28-18(12-32-22)20(25)30/h1-12H,(H2,25,30). The van der Waals surface area contributed by atoms with Gasteiger partial charge in [0.2, 0.25) is 5.89 Å². The summed E-state index contributed by atoms with van der Waals surface area (Å²) >= 11 is 5.98. The van der Waals surface area contributed by atoms with Crippen molar-refractivity contribution in [1.82, 2.24) is 19.5 Å². The van der Waals surface area contributed by atoms with Crippen molar-refractivity contribution < 1.29 is 9.21 Å². The van der Waals surface area contributed by atoms with Crippen LogP contribution in [0.1, 0.15) is 10.5 Å². The summed E-state index contributed by atoms with van der Waals surface area (Å²) < 4.78 is 6.78. The topological polar surface area (TPSA) is 117 Å². The van der Waals surface area contributed by atoms with Gasteiger partial charge in [-0.25, -0.2) is 19.5 Å². The van der Waals surface area contributed by atoms with Gasteiger partial charge in [0.1, 0.15) is 17.9 Å². The Morgan fingerprint density at radius 2 is 1.72 bits per heavy atom. The molecule has 3 aromatic heterocycles. The third kappa shape index (κ3) is 3.42. The lowest BCUT2D eigenvalue weighted by atomic mass is 10.1. The molecule has 3 heterocycles. The molecule has 5 rings (SSSR count). The van der Waals surface area contributed by atoms with Crippen molar-refractivity contribution in [1.29, 1.82) is 0 Å². The number of nitrogens with zero attached hydrogens (tertiary/aromatic N) is 4. The molecule has 0 saturated heterocycles. The summed E-state index contributed by atoms with van der Waals surface area (Å²) in [6, 6.07) is 17.5. The monoisotopic (exact) mass is 443 g/mol. The molecular formula is C23H14ClN5O3. The van der Waals surface area contributed by atoms with Gasteiger partial charge in [-0.3, -0.25) is 9.59 Å². The number of para-hydroxylation sites is 1. The van der Waals surface area contributed by atoms with Crippen molar-refractivity contribution in [3.8, 4) is 28.7 Å². The highest BCUT2D eigenvalue weighted by Crippen LogP contribution is 2.26. The van der Waals surface area contributed by atoms with E-state index < -0.39 is 5.91 Å². The fourth-order valence-corrected chi connectivity index (χ4v) is 3.43. The molecule has 0 unspecified atom stereocenters. The summed E-state index contributed by atoms with van der Waals surface area (Å²) in [5.74, 6) is 0.404. The van der Waals surface area contributed by atoms with Crippen LogP contribution in [0.15, 0.2) is 82.3 Å². The van der Waals surface area contributed by atoms with Crippen molar-refractivity contribution in [2.75, 3.05) is 0 Å².